The minimum Gasteiger partial charge on any atom is -0.382 e. The lowest BCUT2D eigenvalue weighted by Gasteiger charge is -2.13. The number of hydrazine groups is 1. The van der Waals surface area contributed by atoms with Crippen molar-refractivity contribution in [3.63, 3.8) is 0 Å². The Hall–Kier alpha value is -2.95. The average Bonchev–Trinajstić information content (AvgIpc) is 3.01. The molecule has 0 fully saturated rings. The van der Waals surface area contributed by atoms with Crippen LogP contribution in [0.2, 0.25) is 0 Å². The van der Waals surface area contributed by atoms with Crippen molar-refractivity contribution in [1.82, 2.24) is 15.5 Å². The zero-order valence-corrected chi connectivity index (χ0v) is 13.2. The number of primary sulfonamides is 1. The Morgan fingerprint density at radius 1 is 1.29 bits per heavy atom. The topological polar surface area (TPSA) is 165 Å². The van der Waals surface area contributed by atoms with Gasteiger partial charge in [-0.25, -0.2) is 24.9 Å². The number of hydrazone groups is 1. The van der Waals surface area contributed by atoms with Gasteiger partial charge in [0.05, 0.1) is 15.9 Å². The number of rotatable bonds is 4. The molecule has 0 unspecified atom stereocenters. The molecule has 0 aliphatic carbocycles. The van der Waals surface area contributed by atoms with Gasteiger partial charge in [0.2, 0.25) is 10.0 Å². The van der Waals surface area contributed by atoms with E-state index < -0.39 is 10.0 Å². The molecular weight excluding hydrogens is 330 g/mol. The monoisotopic (exact) mass is 345 g/mol. The molecule has 0 spiro atoms. The van der Waals surface area contributed by atoms with E-state index in [1.54, 1.807) is 24.5 Å². The number of nitrogens with one attached hydrogen (secondary N) is 2. The standard InChI is InChI=1S/C14H15N7O2S/c15-14(20-21-16)13-9(2-1-3-12(13)24(17,22)23)8-6-11-10(19-7-8)4-5-18-11/h1-7,18,21H,16H2,(H2,15,20)(H2,17,22,23). The van der Waals surface area contributed by atoms with Crippen LogP contribution in [0.15, 0.2) is 52.7 Å². The van der Waals surface area contributed by atoms with Gasteiger partial charge in [-0.3, -0.25) is 4.98 Å². The van der Waals surface area contributed by atoms with Crippen molar-refractivity contribution in [2.75, 3.05) is 0 Å². The first-order chi connectivity index (χ1) is 11.4. The van der Waals surface area contributed by atoms with Gasteiger partial charge in [0.1, 0.15) is 0 Å². The fraction of sp³-hybridized carbons (Fsp3) is 0. The summed E-state index contributed by atoms with van der Waals surface area (Å²) in [5.41, 5.74) is 10.9. The molecule has 1 aromatic carbocycles. The largest absolute Gasteiger partial charge is 0.382 e. The average molecular weight is 345 g/mol. The third-order valence-electron chi connectivity index (χ3n) is 3.48. The van der Waals surface area contributed by atoms with E-state index in [0.29, 0.717) is 11.1 Å². The molecule has 2 heterocycles. The number of fused-ring (bicyclic) bond motifs is 1. The highest BCUT2D eigenvalue weighted by atomic mass is 32.2. The smallest absolute Gasteiger partial charge is 0.238 e. The first kappa shape index (κ1) is 15.9. The third-order valence-corrected chi connectivity index (χ3v) is 4.44. The summed E-state index contributed by atoms with van der Waals surface area (Å²) in [6.07, 6.45) is 3.38. The van der Waals surface area contributed by atoms with E-state index in [1.807, 2.05) is 12.1 Å². The van der Waals surface area contributed by atoms with Gasteiger partial charge in [-0.05, 0) is 23.8 Å². The van der Waals surface area contributed by atoms with Gasteiger partial charge in [-0.2, -0.15) is 0 Å². The van der Waals surface area contributed by atoms with Crippen molar-refractivity contribution < 1.29 is 8.42 Å². The second-order valence-corrected chi connectivity index (χ2v) is 6.51. The molecule has 3 aromatic rings. The van der Waals surface area contributed by atoms with Gasteiger partial charge >= 0.3 is 0 Å². The van der Waals surface area contributed by atoms with Crippen molar-refractivity contribution in [2.24, 2.45) is 21.8 Å². The van der Waals surface area contributed by atoms with E-state index in [4.69, 9.17) is 16.7 Å². The van der Waals surface area contributed by atoms with E-state index in [-0.39, 0.29) is 16.3 Å². The number of hydrogen-bond donors (Lipinski definition) is 5. The molecule has 24 heavy (non-hydrogen) atoms. The molecule has 0 saturated carbocycles. The Kier molecular flexibility index (Phi) is 3.93. The van der Waals surface area contributed by atoms with E-state index in [0.717, 1.165) is 11.0 Å². The minimum atomic E-state index is -4.02. The number of pyridine rings is 1. The van der Waals surface area contributed by atoms with Crippen LogP contribution in [0, 0.1) is 0 Å². The molecule has 124 valence electrons. The van der Waals surface area contributed by atoms with E-state index >= 15 is 0 Å². The maximum atomic E-state index is 11.9. The van der Waals surface area contributed by atoms with E-state index in [9.17, 15) is 8.42 Å². The SMILES string of the molecule is NN/N=C(\N)c1c(-c2cnc3cc[nH]c3c2)cccc1S(N)(=O)=O. The summed E-state index contributed by atoms with van der Waals surface area (Å²) in [5.74, 6) is 5.05. The van der Waals surface area contributed by atoms with Crippen LogP contribution >= 0.6 is 0 Å². The second-order valence-electron chi connectivity index (χ2n) is 4.98. The first-order valence-corrected chi connectivity index (χ1v) is 8.35. The van der Waals surface area contributed by atoms with Gasteiger partial charge in [0.15, 0.2) is 5.84 Å². The molecule has 0 aliphatic rings. The van der Waals surface area contributed by atoms with Crippen LogP contribution in [0.5, 0.6) is 0 Å². The number of H-pyrrole nitrogens is 1. The predicted octanol–water partition coefficient (Wildman–Crippen LogP) is -0.0391. The van der Waals surface area contributed by atoms with Crippen LogP contribution < -0.4 is 22.3 Å². The Bertz CT molecular complexity index is 1040. The van der Waals surface area contributed by atoms with Gasteiger partial charge in [0, 0.05) is 23.5 Å². The Morgan fingerprint density at radius 2 is 2.08 bits per heavy atom. The van der Waals surface area contributed by atoms with Crippen LogP contribution in [-0.4, -0.2) is 24.2 Å². The fourth-order valence-corrected chi connectivity index (χ4v) is 3.25. The van der Waals surface area contributed by atoms with Gasteiger partial charge < -0.3 is 10.7 Å². The molecule has 9 nitrogen and oxygen atoms in total. The Morgan fingerprint density at radius 3 is 2.79 bits per heavy atom. The van der Waals surface area contributed by atoms with E-state index in [1.165, 1.54) is 6.07 Å². The zero-order valence-electron chi connectivity index (χ0n) is 12.4. The summed E-state index contributed by atoms with van der Waals surface area (Å²) in [4.78, 5) is 7.22. The number of hydrogen-bond acceptors (Lipinski definition) is 6. The first-order valence-electron chi connectivity index (χ1n) is 6.80. The molecule has 2 aromatic heterocycles. The summed E-state index contributed by atoms with van der Waals surface area (Å²) in [6.45, 7) is 0. The number of amidine groups is 1. The molecule has 0 radical (unpaired) electrons. The summed E-state index contributed by atoms with van der Waals surface area (Å²) >= 11 is 0. The van der Waals surface area contributed by atoms with Crippen LogP contribution in [-0.2, 0) is 10.0 Å². The highest BCUT2D eigenvalue weighted by Gasteiger charge is 2.21. The minimum absolute atomic E-state index is 0.108. The molecular formula is C14H15N7O2S. The van der Waals surface area contributed by atoms with Crippen LogP contribution in [0.1, 0.15) is 5.56 Å². The van der Waals surface area contributed by atoms with Crippen LogP contribution in [0.3, 0.4) is 0 Å². The number of nitrogens with zero attached hydrogens (tertiary/aromatic N) is 2. The number of aromatic amines is 1. The molecule has 3 rings (SSSR count). The van der Waals surface area contributed by atoms with Gasteiger partial charge in [0.25, 0.3) is 0 Å². The van der Waals surface area contributed by atoms with Gasteiger partial charge in [-0.15, -0.1) is 5.10 Å². The summed E-state index contributed by atoms with van der Waals surface area (Å²) in [5, 5.41) is 8.98. The van der Waals surface area contributed by atoms with Crippen molar-refractivity contribution in [2.45, 2.75) is 4.90 Å². The van der Waals surface area contributed by atoms with Gasteiger partial charge in [-0.1, -0.05) is 12.1 Å². The number of aromatic nitrogens is 2. The van der Waals surface area contributed by atoms with E-state index in [2.05, 4.69) is 20.6 Å². The molecule has 0 saturated heterocycles. The maximum Gasteiger partial charge on any atom is 0.238 e. The molecule has 0 amide bonds. The van der Waals surface area contributed by atoms with Crippen molar-refractivity contribution in [3.8, 4) is 11.1 Å². The number of benzene rings is 1. The third kappa shape index (κ3) is 2.80. The maximum absolute atomic E-state index is 11.9. The van der Waals surface area contributed by atoms with Crippen molar-refractivity contribution in [1.29, 1.82) is 0 Å². The molecule has 0 bridgehead atoms. The summed E-state index contributed by atoms with van der Waals surface area (Å²) < 4.78 is 23.8. The van der Waals surface area contributed by atoms with Crippen molar-refractivity contribution >= 4 is 26.9 Å². The van der Waals surface area contributed by atoms with Crippen LogP contribution in [0.4, 0.5) is 0 Å². The highest BCUT2D eigenvalue weighted by molar-refractivity contribution is 7.89. The normalized spacial score (nSPS) is 12.5. The molecule has 0 aliphatic heterocycles. The number of nitrogens with two attached hydrogens (primary N) is 3. The molecule has 8 N–H and O–H groups in total. The lowest BCUT2D eigenvalue weighted by molar-refractivity contribution is 0.597. The number of sulfonamides is 1. The highest BCUT2D eigenvalue weighted by Crippen LogP contribution is 2.29. The lowest BCUT2D eigenvalue weighted by atomic mass is 10.00. The Balaban J connectivity index is 2.32. The summed E-state index contributed by atoms with van der Waals surface area (Å²) in [7, 11) is -4.02. The Labute approximate surface area is 137 Å². The molecule has 0 atom stereocenters. The second kappa shape index (κ2) is 5.92. The fourth-order valence-electron chi connectivity index (χ4n) is 2.48. The van der Waals surface area contributed by atoms with Crippen LogP contribution in [0.25, 0.3) is 22.2 Å². The summed E-state index contributed by atoms with van der Waals surface area (Å²) in [6, 6.07) is 8.29. The zero-order chi connectivity index (χ0) is 17.3. The van der Waals surface area contributed by atoms with Crippen molar-refractivity contribution in [3.05, 3.63) is 48.3 Å². The molecule has 10 heteroatoms. The predicted molar refractivity (Wildman–Crippen MR) is 91.0 cm³/mol. The lowest BCUT2D eigenvalue weighted by Crippen LogP contribution is -2.26. The quantitative estimate of drug-likeness (QED) is 0.193.